The van der Waals surface area contributed by atoms with Crippen molar-refractivity contribution >= 4 is 46.1 Å². The SMILES string of the molecule is Cc1ccc(CSc2nnc(NC(=O)CN3C(=O)NC(C)(c4ccccc4)C3=O)s2)cc1. The van der Waals surface area contributed by atoms with E-state index in [1.54, 1.807) is 31.2 Å². The third-order valence-corrected chi connectivity index (χ3v) is 7.11. The average molecular weight is 468 g/mol. The summed E-state index contributed by atoms with van der Waals surface area (Å²) in [5, 5.41) is 13.7. The van der Waals surface area contributed by atoms with Crippen LogP contribution in [-0.4, -0.2) is 39.5 Å². The van der Waals surface area contributed by atoms with Gasteiger partial charge in [-0.15, -0.1) is 10.2 Å². The summed E-state index contributed by atoms with van der Waals surface area (Å²) in [5.41, 5.74) is 1.82. The number of hydrogen-bond donors (Lipinski definition) is 2. The Kier molecular flexibility index (Phi) is 6.24. The van der Waals surface area contributed by atoms with Crippen LogP contribution in [0.25, 0.3) is 0 Å². The number of imide groups is 1. The van der Waals surface area contributed by atoms with Crippen molar-refractivity contribution in [2.24, 2.45) is 0 Å². The van der Waals surface area contributed by atoms with Gasteiger partial charge in [0.2, 0.25) is 11.0 Å². The highest BCUT2D eigenvalue weighted by Crippen LogP contribution is 2.30. The van der Waals surface area contributed by atoms with Crippen molar-refractivity contribution in [2.75, 3.05) is 11.9 Å². The second-order valence-electron chi connectivity index (χ2n) is 7.51. The summed E-state index contributed by atoms with van der Waals surface area (Å²) in [6.45, 7) is 3.26. The van der Waals surface area contributed by atoms with Crippen LogP contribution >= 0.6 is 23.1 Å². The Bertz CT molecular complexity index is 1150. The largest absolute Gasteiger partial charge is 0.325 e. The molecular formula is C22H21N5O3S2. The predicted octanol–water partition coefficient (Wildman–Crippen LogP) is 3.54. The number of carbonyl (C=O) groups excluding carboxylic acids is 3. The standard InChI is InChI=1S/C22H21N5O3S2/c1-14-8-10-15(11-9-14)13-31-21-26-25-19(32-21)23-17(28)12-27-18(29)22(2,24-20(27)30)16-6-4-3-5-7-16/h3-11H,12-13H2,1-2H3,(H,24,30)(H,23,25,28). The van der Waals surface area contributed by atoms with Crippen LogP contribution in [0.1, 0.15) is 23.6 Å². The molecule has 1 fully saturated rings. The fourth-order valence-electron chi connectivity index (χ4n) is 3.26. The summed E-state index contributed by atoms with van der Waals surface area (Å²) >= 11 is 2.77. The molecule has 0 spiro atoms. The van der Waals surface area contributed by atoms with E-state index in [4.69, 9.17) is 0 Å². The van der Waals surface area contributed by atoms with Crippen molar-refractivity contribution in [3.63, 3.8) is 0 Å². The summed E-state index contributed by atoms with van der Waals surface area (Å²) in [6.07, 6.45) is 0. The molecule has 4 rings (SSSR count). The van der Waals surface area contributed by atoms with Gasteiger partial charge in [-0.25, -0.2) is 4.79 Å². The molecule has 1 atom stereocenters. The minimum atomic E-state index is -1.21. The van der Waals surface area contributed by atoms with Gasteiger partial charge in [-0.05, 0) is 25.0 Å². The Labute approximate surface area is 193 Å². The number of nitrogens with zero attached hydrogens (tertiary/aromatic N) is 3. The minimum Gasteiger partial charge on any atom is -0.319 e. The molecule has 3 aromatic rings. The molecule has 2 N–H and O–H groups in total. The number of thioether (sulfide) groups is 1. The maximum absolute atomic E-state index is 12.9. The van der Waals surface area contributed by atoms with Crippen molar-refractivity contribution in [1.82, 2.24) is 20.4 Å². The highest BCUT2D eigenvalue weighted by atomic mass is 32.2. The van der Waals surface area contributed by atoms with Gasteiger partial charge in [0.15, 0.2) is 4.34 Å². The van der Waals surface area contributed by atoms with E-state index in [2.05, 4.69) is 45.1 Å². The molecule has 1 aliphatic rings. The van der Waals surface area contributed by atoms with Crippen molar-refractivity contribution in [2.45, 2.75) is 29.5 Å². The molecule has 1 saturated heterocycles. The molecule has 1 aromatic heterocycles. The normalized spacial score (nSPS) is 18.0. The van der Waals surface area contributed by atoms with Crippen LogP contribution in [0.4, 0.5) is 9.93 Å². The van der Waals surface area contributed by atoms with Crippen LogP contribution < -0.4 is 10.6 Å². The quantitative estimate of drug-likeness (QED) is 0.313. The Morgan fingerprint density at radius 2 is 1.84 bits per heavy atom. The lowest BCUT2D eigenvalue weighted by Gasteiger charge is -2.21. The van der Waals surface area contributed by atoms with Crippen molar-refractivity contribution in [3.05, 3.63) is 71.3 Å². The van der Waals surface area contributed by atoms with Crippen LogP contribution in [0.5, 0.6) is 0 Å². The number of aromatic nitrogens is 2. The smallest absolute Gasteiger partial charge is 0.319 e. The summed E-state index contributed by atoms with van der Waals surface area (Å²) in [7, 11) is 0. The lowest BCUT2D eigenvalue weighted by atomic mass is 9.92. The number of nitrogens with one attached hydrogen (secondary N) is 2. The van der Waals surface area contributed by atoms with E-state index in [0.29, 0.717) is 15.0 Å². The van der Waals surface area contributed by atoms with Crippen LogP contribution in [0.3, 0.4) is 0 Å². The minimum absolute atomic E-state index is 0.319. The molecule has 1 unspecified atom stereocenters. The lowest BCUT2D eigenvalue weighted by molar-refractivity contribution is -0.133. The van der Waals surface area contributed by atoms with Crippen molar-refractivity contribution in [3.8, 4) is 0 Å². The van der Waals surface area contributed by atoms with E-state index in [1.165, 1.54) is 34.2 Å². The number of aryl methyl sites for hydroxylation is 1. The van der Waals surface area contributed by atoms with Gasteiger partial charge >= 0.3 is 6.03 Å². The van der Waals surface area contributed by atoms with Gasteiger partial charge < -0.3 is 5.32 Å². The molecule has 4 amide bonds. The molecule has 0 saturated carbocycles. The van der Waals surface area contributed by atoms with Gasteiger partial charge in [0, 0.05) is 5.75 Å². The molecule has 2 heterocycles. The van der Waals surface area contributed by atoms with E-state index in [-0.39, 0.29) is 0 Å². The predicted molar refractivity (Wildman–Crippen MR) is 123 cm³/mol. The van der Waals surface area contributed by atoms with E-state index >= 15 is 0 Å². The number of rotatable bonds is 7. The first-order valence-electron chi connectivity index (χ1n) is 9.86. The van der Waals surface area contributed by atoms with Crippen molar-refractivity contribution < 1.29 is 14.4 Å². The summed E-state index contributed by atoms with van der Waals surface area (Å²) in [5.74, 6) is -0.254. The van der Waals surface area contributed by atoms with E-state index in [1.807, 2.05) is 13.0 Å². The summed E-state index contributed by atoms with van der Waals surface area (Å²) in [6, 6.07) is 16.6. The first kappa shape index (κ1) is 22.0. The number of urea groups is 1. The molecule has 10 heteroatoms. The summed E-state index contributed by atoms with van der Waals surface area (Å²) < 4.78 is 0.715. The molecule has 164 valence electrons. The third kappa shape index (κ3) is 4.66. The Morgan fingerprint density at radius 1 is 1.12 bits per heavy atom. The van der Waals surface area contributed by atoms with Crippen LogP contribution in [-0.2, 0) is 20.9 Å². The molecule has 32 heavy (non-hydrogen) atoms. The first-order valence-corrected chi connectivity index (χ1v) is 11.7. The second-order valence-corrected chi connectivity index (χ2v) is 9.71. The highest BCUT2D eigenvalue weighted by Gasteiger charge is 2.49. The Morgan fingerprint density at radius 3 is 2.56 bits per heavy atom. The van der Waals surface area contributed by atoms with E-state index in [9.17, 15) is 14.4 Å². The highest BCUT2D eigenvalue weighted by molar-refractivity contribution is 8.00. The van der Waals surface area contributed by atoms with Gasteiger partial charge in [0.05, 0.1) is 0 Å². The molecule has 8 nitrogen and oxygen atoms in total. The van der Waals surface area contributed by atoms with Crippen LogP contribution in [0.2, 0.25) is 0 Å². The maximum atomic E-state index is 12.9. The van der Waals surface area contributed by atoms with Crippen molar-refractivity contribution in [1.29, 1.82) is 0 Å². The molecular weight excluding hydrogens is 446 g/mol. The third-order valence-electron chi connectivity index (χ3n) is 5.06. The zero-order chi connectivity index (χ0) is 22.7. The fourth-order valence-corrected chi connectivity index (χ4v) is 4.98. The number of benzene rings is 2. The number of amides is 4. The number of hydrogen-bond acceptors (Lipinski definition) is 7. The van der Waals surface area contributed by atoms with Gasteiger partial charge in [-0.2, -0.15) is 0 Å². The topological polar surface area (TPSA) is 104 Å². The van der Waals surface area contributed by atoms with Crippen LogP contribution in [0, 0.1) is 6.92 Å². The molecule has 0 radical (unpaired) electrons. The first-order chi connectivity index (χ1) is 15.3. The second kappa shape index (κ2) is 9.09. The Hall–Kier alpha value is -3.24. The lowest BCUT2D eigenvalue weighted by Crippen LogP contribution is -2.42. The van der Waals surface area contributed by atoms with Gasteiger partial charge in [0.1, 0.15) is 12.1 Å². The molecule has 2 aromatic carbocycles. The van der Waals surface area contributed by atoms with E-state index in [0.717, 1.165) is 10.7 Å². The molecule has 0 aliphatic carbocycles. The van der Waals surface area contributed by atoms with Gasteiger partial charge in [-0.3, -0.25) is 19.8 Å². The molecule has 0 bridgehead atoms. The molecule has 1 aliphatic heterocycles. The zero-order valence-electron chi connectivity index (χ0n) is 17.5. The van der Waals surface area contributed by atoms with Crippen LogP contribution in [0.15, 0.2) is 58.9 Å². The number of anilines is 1. The number of carbonyl (C=O) groups is 3. The monoisotopic (exact) mass is 467 g/mol. The van der Waals surface area contributed by atoms with Gasteiger partial charge in [0.25, 0.3) is 5.91 Å². The fraction of sp³-hybridized carbons (Fsp3) is 0.227. The van der Waals surface area contributed by atoms with Gasteiger partial charge in [-0.1, -0.05) is 83.3 Å². The Balaban J connectivity index is 1.34. The summed E-state index contributed by atoms with van der Waals surface area (Å²) in [4.78, 5) is 38.7. The average Bonchev–Trinajstić information content (AvgIpc) is 3.32. The zero-order valence-corrected chi connectivity index (χ0v) is 19.1. The maximum Gasteiger partial charge on any atom is 0.325 e. The van der Waals surface area contributed by atoms with E-state index < -0.39 is 29.9 Å².